The zero-order chi connectivity index (χ0) is 21.5. The molecule has 158 valence electrons. The van der Waals surface area contributed by atoms with Gasteiger partial charge >= 0.3 is 0 Å². The van der Waals surface area contributed by atoms with Gasteiger partial charge < -0.3 is 11.1 Å². The first-order valence-corrected chi connectivity index (χ1v) is 10.6. The highest BCUT2D eigenvalue weighted by Crippen LogP contribution is 2.35. The SMILES string of the molecule is CC(C)=Cc1sc(C(=O)N[C@@H]2[C@H](N)CCCC2(F)F)nc1-c1cnn2ccccc12. The minimum atomic E-state index is -3.03. The highest BCUT2D eigenvalue weighted by Gasteiger charge is 2.46. The Bertz CT molecular complexity index is 1120. The van der Waals surface area contributed by atoms with Crippen molar-refractivity contribution in [3.05, 3.63) is 46.1 Å². The Morgan fingerprint density at radius 3 is 2.93 bits per heavy atom. The van der Waals surface area contributed by atoms with Crippen LogP contribution in [-0.4, -0.2) is 38.5 Å². The second-order valence-electron chi connectivity index (χ2n) is 7.81. The van der Waals surface area contributed by atoms with Crippen molar-refractivity contribution >= 4 is 28.8 Å². The summed E-state index contributed by atoms with van der Waals surface area (Å²) in [5.41, 5.74) is 9.15. The summed E-state index contributed by atoms with van der Waals surface area (Å²) in [6.45, 7) is 3.89. The molecule has 1 aliphatic rings. The molecule has 0 unspecified atom stereocenters. The molecule has 0 saturated heterocycles. The summed E-state index contributed by atoms with van der Waals surface area (Å²) in [6, 6.07) is 3.50. The van der Waals surface area contributed by atoms with Crippen LogP contribution in [0.5, 0.6) is 0 Å². The van der Waals surface area contributed by atoms with Crippen LogP contribution in [0.15, 0.2) is 36.2 Å². The molecule has 3 heterocycles. The number of aromatic nitrogens is 3. The Balaban J connectivity index is 1.71. The van der Waals surface area contributed by atoms with Crippen LogP contribution in [0.1, 0.15) is 47.8 Å². The van der Waals surface area contributed by atoms with E-state index in [1.165, 1.54) is 11.3 Å². The molecule has 0 spiro atoms. The van der Waals surface area contributed by atoms with E-state index in [4.69, 9.17) is 5.73 Å². The fourth-order valence-electron chi connectivity index (χ4n) is 3.72. The van der Waals surface area contributed by atoms with Crippen molar-refractivity contribution in [3.8, 4) is 11.3 Å². The number of thiazole rings is 1. The zero-order valence-corrected chi connectivity index (χ0v) is 17.5. The van der Waals surface area contributed by atoms with Gasteiger partial charge in [0.25, 0.3) is 11.8 Å². The van der Waals surface area contributed by atoms with E-state index >= 15 is 0 Å². The van der Waals surface area contributed by atoms with Gasteiger partial charge in [0, 0.05) is 24.2 Å². The summed E-state index contributed by atoms with van der Waals surface area (Å²) >= 11 is 1.17. The van der Waals surface area contributed by atoms with Gasteiger partial charge in [0.15, 0.2) is 5.01 Å². The molecule has 1 saturated carbocycles. The number of allylic oxidation sites excluding steroid dienone is 1. The lowest BCUT2D eigenvalue weighted by Crippen LogP contribution is -2.59. The maximum atomic E-state index is 14.3. The van der Waals surface area contributed by atoms with Crippen molar-refractivity contribution in [1.82, 2.24) is 19.9 Å². The number of rotatable bonds is 4. The monoisotopic (exact) mass is 431 g/mol. The summed E-state index contributed by atoms with van der Waals surface area (Å²) in [7, 11) is 0. The molecule has 1 aliphatic carbocycles. The van der Waals surface area contributed by atoms with Crippen LogP contribution < -0.4 is 11.1 Å². The predicted molar refractivity (Wildman–Crippen MR) is 114 cm³/mol. The Kier molecular flexibility index (Phi) is 5.42. The number of hydrogen-bond acceptors (Lipinski definition) is 5. The Hall–Kier alpha value is -2.65. The molecule has 0 radical (unpaired) electrons. The van der Waals surface area contributed by atoms with Crippen molar-refractivity contribution in [2.75, 3.05) is 0 Å². The maximum absolute atomic E-state index is 14.3. The standard InChI is InChI=1S/C21H23F2N5OS/c1-12(2)10-16-17(13-11-25-28-9-4-3-7-15(13)28)26-20(30-16)19(29)27-18-14(24)6-5-8-21(18,22)23/h3-4,7,9-11,14,18H,5-6,8,24H2,1-2H3,(H,27,29)/t14-,18-/m1/s1. The van der Waals surface area contributed by atoms with Crippen molar-refractivity contribution in [2.24, 2.45) is 5.73 Å². The predicted octanol–water partition coefficient (Wildman–Crippen LogP) is 4.13. The second-order valence-corrected chi connectivity index (χ2v) is 8.84. The summed E-state index contributed by atoms with van der Waals surface area (Å²) in [5.74, 6) is -3.66. The molecule has 1 amide bonds. The topological polar surface area (TPSA) is 85.3 Å². The number of halogens is 2. The van der Waals surface area contributed by atoms with Gasteiger partial charge in [-0.1, -0.05) is 11.6 Å². The van der Waals surface area contributed by atoms with E-state index in [0.717, 1.165) is 21.5 Å². The lowest BCUT2D eigenvalue weighted by atomic mass is 9.87. The third-order valence-electron chi connectivity index (χ3n) is 5.17. The highest BCUT2D eigenvalue weighted by atomic mass is 32.1. The van der Waals surface area contributed by atoms with Crippen LogP contribution >= 0.6 is 11.3 Å². The molecule has 1 fully saturated rings. The van der Waals surface area contributed by atoms with Crippen molar-refractivity contribution in [2.45, 2.75) is 51.1 Å². The van der Waals surface area contributed by atoms with Gasteiger partial charge in [-0.3, -0.25) is 4.79 Å². The minimum absolute atomic E-state index is 0.126. The zero-order valence-electron chi connectivity index (χ0n) is 16.7. The number of pyridine rings is 1. The lowest BCUT2D eigenvalue weighted by molar-refractivity contribution is -0.0674. The number of carbonyl (C=O) groups is 1. The fourth-order valence-corrected chi connectivity index (χ4v) is 4.77. The molecule has 3 aromatic heterocycles. The van der Waals surface area contributed by atoms with E-state index in [2.05, 4.69) is 15.4 Å². The van der Waals surface area contributed by atoms with E-state index in [9.17, 15) is 13.6 Å². The Morgan fingerprint density at radius 2 is 2.20 bits per heavy atom. The van der Waals surface area contributed by atoms with Crippen LogP contribution in [-0.2, 0) is 0 Å². The largest absolute Gasteiger partial charge is 0.340 e. The molecular formula is C21H23F2N5OS. The molecule has 0 bridgehead atoms. The second kappa shape index (κ2) is 7.88. The van der Waals surface area contributed by atoms with Gasteiger partial charge in [-0.25, -0.2) is 18.3 Å². The number of nitrogens with zero attached hydrogens (tertiary/aromatic N) is 3. The van der Waals surface area contributed by atoms with Crippen LogP contribution in [0.4, 0.5) is 8.78 Å². The molecule has 0 aliphatic heterocycles. The van der Waals surface area contributed by atoms with Crippen LogP contribution in [0.3, 0.4) is 0 Å². The normalized spacial score (nSPS) is 20.8. The van der Waals surface area contributed by atoms with Gasteiger partial charge in [0.2, 0.25) is 0 Å². The molecule has 6 nitrogen and oxygen atoms in total. The Morgan fingerprint density at radius 1 is 1.40 bits per heavy atom. The third kappa shape index (κ3) is 3.87. The smallest absolute Gasteiger partial charge is 0.280 e. The van der Waals surface area contributed by atoms with E-state index < -0.39 is 23.9 Å². The minimum Gasteiger partial charge on any atom is -0.340 e. The summed E-state index contributed by atoms with van der Waals surface area (Å²) in [5, 5.41) is 6.91. The van der Waals surface area contributed by atoms with Crippen LogP contribution in [0.25, 0.3) is 22.9 Å². The molecule has 4 rings (SSSR count). The summed E-state index contributed by atoms with van der Waals surface area (Å²) in [4.78, 5) is 18.1. The summed E-state index contributed by atoms with van der Waals surface area (Å²) < 4.78 is 30.4. The van der Waals surface area contributed by atoms with Gasteiger partial charge in [-0.05, 0) is 44.9 Å². The van der Waals surface area contributed by atoms with Crippen LogP contribution in [0, 0.1) is 0 Å². The van der Waals surface area contributed by atoms with Gasteiger partial charge in [0.1, 0.15) is 6.04 Å². The Labute approximate surface area is 176 Å². The average Bonchev–Trinajstić information content (AvgIpc) is 3.28. The number of carbonyl (C=O) groups excluding carboxylic acids is 1. The first-order valence-electron chi connectivity index (χ1n) is 9.79. The fraction of sp³-hybridized carbons (Fsp3) is 0.381. The molecule has 3 N–H and O–H groups in total. The first kappa shape index (κ1) is 20.6. The molecular weight excluding hydrogens is 408 g/mol. The van der Waals surface area contributed by atoms with E-state index in [0.29, 0.717) is 18.5 Å². The molecule has 30 heavy (non-hydrogen) atoms. The molecule has 0 aromatic carbocycles. The molecule has 3 aromatic rings. The average molecular weight is 432 g/mol. The quantitative estimate of drug-likeness (QED) is 0.651. The highest BCUT2D eigenvalue weighted by molar-refractivity contribution is 7.15. The van der Waals surface area contributed by atoms with E-state index in [-0.39, 0.29) is 11.4 Å². The number of alkyl halides is 2. The van der Waals surface area contributed by atoms with Gasteiger partial charge in [0.05, 0.1) is 22.3 Å². The number of amides is 1. The number of hydrogen-bond donors (Lipinski definition) is 2. The van der Waals surface area contributed by atoms with E-state index in [1.54, 1.807) is 10.7 Å². The van der Waals surface area contributed by atoms with Crippen LogP contribution in [0.2, 0.25) is 0 Å². The summed E-state index contributed by atoms with van der Waals surface area (Å²) in [6.07, 6.45) is 5.97. The van der Waals surface area contributed by atoms with Crippen molar-refractivity contribution < 1.29 is 13.6 Å². The van der Waals surface area contributed by atoms with Gasteiger partial charge in [-0.15, -0.1) is 11.3 Å². The van der Waals surface area contributed by atoms with Crippen molar-refractivity contribution in [1.29, 1.82) is 0 Å². The van der Waals surface area contributed by atoms with Gasteiger partial charge in [-0.2, -0.15) is 5.10 Å². The third-order valence-corrected chi connectivity index (χ3v) is 6.17. The molecule has 9 heteroatoms. The lowest BCUT2D eigenvalue weighted by Gasteiger charge is -2.36. The van der Waals surface area contributed by atoms with E-state index in [1.807, 2.05) is 44.3 Å². The molecule has 2 atom stereocenters. The first-order chi connectivity index (χ1) is 14.3. The number of nitrogens with one attached hydrogen (secondary N) is 1. The number of fused-ring (bicyclic) bond motifs is 1. The maximum Gasteiger partial charge on any atom is 0.280 e. The number of nitrogens with two attached hydrogens (primary N) is 1. The van der Waals surface area contributed by atoms with Crippen molar-refractivity contribution in [3.63, 3.8) is 0 Å².